The molecular weight excluding hydrogens is 368 g/mol. The minimum Gasteiger partial charge on any atom is -0.364 e. The highest BCUT2D eigenvalue weighted by Crippen LogP contribution is 2.35. The van der Waals surface area contributed by atoms with E-state index in [1.165, 1.54) is 17.0 Å². The summed E-state index contributed by atoms with van der Waals surface area (Å²) in [4.78, 5) is 6.63. The van der Waals surface area contributed by atoms with E-state index < -0.39 is 0 Å². The van der Waals surface area contributed by atoms with Gasteiger partial charge in [0.05, 0.1) is 5.92 Å². The number of hydrogen-bond acceptors (Lipinski definition) is 0. The van der Waals surface area contributed by atoms with Crippen LogP contribution in [0.15, 0.2) is 63.8 Å². The number of aromatic amines is 2. The molecule has 2 N–H and O–H groups in total. The zero-order valence-electron chi connectivity index (χ0n) is 10.0. The molecule has 1 aromatic carbocycles. The molecule has 0 aliphatic heterocycles. The number of nitrogens with one attached hydrogen (secondary N) is 2. The number of hydrogen-bond donors (Lipinski definition) is 2. The molecule has 0 radical (unpaired) electrons. The fourth-order valence-electron chi connectivity index (χ4n) is 2.29. The molecule has 0 amide bonds. The number of H-pyrrole nitrogens is 2. The number of benzene rings is 1. The first kappa shape index (κ1) is 12.8. The van der Waals surface area contributed by atoms with E-state index in [9.17, 15) is 0 Å². The summed E-state index contributed by atoms with van der Waals surface area (Å²) in [6.45, 7) is 0. The third-order valence-electron chi connectivity index (χ3n) is 3.14. The first-order valence-corrected chi connectivity index (χ1v) is 7.56. The van der Waals surface area contributed by atoms with Gasteiger partial charge in [-0.2, -0.15) is 0 Å². The van der Waals surface area contributed by atoms with Crippen molar-refractivity contribution in [3.63, 3.8) is 0 Å². The second-order valence-electron chi connectivity index (χ2n) is 4.35. The van der Waals surface area contributed by atoms with Gasteiger partial charge in [-0.05, 0) is 42.0 Å². The average Bonchev–Trinajstić information content (AvgIpc) is 3.06. The van der Waals surface area contributed by atoms with Crippen LogP contribution in [0.5, 0.6) is 0 Å². The van der Waals surface area contributed by atoms with E-state index in [1.807, 2.05) is 24.5 Å². The Kier molecular flexibility index (Phi) is 3.62. The largest absolute Gasteiger partial charge is 0.364 e. The molecule has 3 rings (SSSR count). The van der Waals surface area contributed by atoms with Crippen molar-refractivity contribution >= 4 is 31.9 Å². The second kappa shape index (κ2) is 5.39. The van der Waals surface area contributed by atoms with E-state index >= 15 is 0 Å². The second-order valence-corrected chi connectivity index (χ2v) is 6.12. The quantitative estimate of drug-likeness (QED) is 0.638. The zero-order chi connectivity index (χ0) is 13.2. The van der Waals surface area contributed by atoms with E-state index in [0.717, 1.165) is 8.95 Å². The highest BCUT2D eigenvalue weighted by molar-refractivity contribution is 9.11. The third-order valence-corrected chi connectivity index (χ3v) is 4.32. The molecule has 2 aromatic heterocycles. The minimum absolute atomic E-state index is 0.174. The van der Waals surface area contributed by atoms with Crippen molar-refractivity contribution in [1.82, 2.24) is 9.97 Å². The molecule has 0 fully saturated rings. The van der Waals surface area contributed by atoms with Gasteiger partial charge in [-0.1, -0.05) is 37.9 Å². The Hall–Kier alpha value is -1.26. The molecule has 96 valence electrons. The summed E-state index contributed by atoms with van der Waals surface area (Å²) >= 11 is 7.16. The maximum Gasteiger partial charge on any atom is 0.0652 e. The van der Waals surface area contributed by atoms with Gasteiger partial charge in [-0.25, -0.2) is 0 Å². The summed E-state index contributed by atoms with van der Waals surface area (Å²) in [6.07, 6.45) is 3.91. The van der Waals surface area contributed by atoms with Gasteiger partial charge < -0.3 is 9.97 Å². The minimum atomic E-state index is 0.174. The SMILES string of the molecule is Brc1ccc(C(c2ccc[nH]2)c2ccc[nH]2)c(Br)c1. The summed E-state index contributed by atoms with van der Waals surface area (Å²) in [5.41, 5.74) is 3.57. The fourth-order valence-corrected chi connectivity index (χ4v) is 3.56. The monoisotopic (exact) mass is 378 g/mol. The normalized spacial score (nSPS) is 11.1. The molecule has 0 saturated carbocycles. The van der Waals surface area contributed by atoms with E-state index in [0.29, 0.717) is 0 Å². The van der Waals surface area contributed by atoms with Gasteiger partial charge in [-0.3, -0.25) is 0 Å². The Balaban J connectivity index is 2.14. The van der Waals surface area contributed by atoms with Crippen molar-refractivity contribution in [3.8, 4) is 0 Å². The van der Waals surface area contributed by atoms with Gasteiger partial charge in [0, 0.05) is 32.7 Å². The molecule has 0 spiro atoms. The van der Waals surface area contributed by atoms with Crippen LogP contribution in [0.25, 0.3) is 0 Å². The van der Waals surface area contributed by atoms with Gasteiger partial charge in [0.25, 0.3) is 0 Å². The first-order chi connectivity index (χ1) is 9.25. The number of halogens is 2. The van der Waals surface area contributed by atoms with Gasteiger partial charge in [0.2, 0.25) is 0 Å². The van der Waals surface area contributed by atoms with Crippen molar-refractivity contribution in [1.29, 1.82) is 0 Å². The number of aromatic nitrogens is 2. The smallest absolute Gasteiger partial charge is 0.0652 e. The average molecular weight is 380 g/mol. The molecular formula is C15H12Br2N2. The van der Waals surface area contributed by atoms with Crippen LogP contribution in [-0.4, -0.2) is 9.97 Å². The lowest BCUT2D eigenvalue weighted by Crippen LogP contribution is -2.05. The molecule has 2 nitrogen and oxygen atoms in total. The third kappa shape index (κ3) is 2.55. The molecule has 0 unspecified atom stereocenters. The molecule has 0 aliphatic carbocycles. The lowest BCUT2D eigenvalue weighted by Gasteiger charge is -2.17. The van der Waals surface area contributed by atoms with E-state index in [-0.39, 0.29) is 5.92 Å². The standard InChI is InChI=1S/C15H12Br2N2/c16-10-5-6-11(12(17)9-10)15(13-3-1-7-18-13)14-4-2-8-19-14/h1-9,15,18-19H. The Morgan fingerprint density at radius 3 is 1.95 bits per heavy atom. The molecule has 0 bridgehead atoms. The van der Waals surface area contributed by atoms with Crippen molar-refractivity contribution < 1.29 is 0 Å². The van der Waals surface area contributed by atoms with E-state index in [4.69, 9.17) is 0 Å². The van der Waals surface area contributed by atoms with E-state index in [1.54, 1.807) is 0 Å². The van der Waals surface area contributed by atoms with Crippen LogP contribution in [-0.2, 0) is 0 Å². The Labute approximate surface area is 128 Å². The maximum atomic E-state index is 3.66. The Morgan fingerprint density at radius 2 is 1.47 bits per heavy atom. The zero-order valence-corrected chi connectivity index (χ0v) is 13.2. The summed E-state index contributed by atoms with van der Waals surface area (Å²) in [5.74, 6) is 0.174. The Morgan fingerprint density at radius 1 is 0.842 bits per heavy atom. The molecule has 4 heteroatoms. The Bertz CT molecular complexity index is 623. The predicted molar refractivity (Wildman–Crippen MR) is 84.4 cm³/mol. The van der Waals surface area contributed by atoms with Crippen molar-refractivity contribution in [2.75, 3.05) is 0 Å². The summed E-state index contributed by atoms with van der Waals surface area (Å²) in [7, 11) is 0. The van der Waals surface area contributed by atoms with Gasteiger partial charge in [0.15, 0.2) is 0 Å². The molecule has 0 saturated heterocycles. The van der Waals surface area contributed by atoms with Gasteiger partial charge in [0.1, 0.15) is 0 Å². The topological polar surface area (TPSA) is 31.6 Å². The van der Waals surface area contributed by atoms with E-state index in [2.05, 4.69) is 72.2 Å². The van der Waals surface area contributed by atoms with Gasteiger partial charge >= 0.3 is 0 Å². The summed E-state index contributed by atoms with van der Waals surface area (Å²) in [6, 6.07) is 14.6. The molecule has 2 heterocycles. The van der Waals surface area contributed by atoms with Crippen LogP contribution in [0, 0.1) is 0 Å². The molecule has 3 aromatic rings. The van der Waals surface area contributed by atoms with Crippen LogP contribution >= 0.6 is 31.9 Å². The predicted octanol–water partition coefficient (Wildman–Crippen LogP) is 5.05. The highest BCUT2D eigenvalue weighted by atomic mass is 79.9. The maximum absolute atomic E-state index is 3.66. The lowest BCUT2D eigenvalue weighted by molar-refractivity contribution is 0.892. The van der Waals surface area contributed by atoms with Crippen LogP contribution in [0.2, 0.25) is 0 Å². The number of rotatable bonds is 3. The van der Waals surface area contributed by atoms with Crippen LogP contribution in [0.3, 0.4) is 0 Å². The summed E-state index contributed by atoms with van der Waals surface area (Å²) in [5, 5.41) is 0. The first-order valence-electron chi connectivity index (χ1n) is 5.97. The van der Waals surface area contributed by atoms with Crippen LogP contribution in [0.4, 0.5) is 0 Å². The van der Waals surface area contributed by atoms with Crippen LogP contribution < -0.4 is 0 Å². The fraction of sp³-hybridized carbons (Fsp3) is 0.0667. The molecule has 19 heavy (non-hydrogen) atoms. The van der Waals surface area contributed by atoms with Gasteiger partial charge in [-0.15, -0.1) is 0 Å². The van der Waals surface area contributed by atoms with Crippen LogP contribution in [0.1, 0.15) is 22.9 Å². The van der Waals surface area contributed by atoms with Crippen molar-refractivity contribution in [2.24, 2.45) is 0 Å². The lowest BCUT2D eigenvalue weighted by atomic mass is 9.93. The molecule has 0 aliphatic rings. The van der Waals surface area contributed by atoms with Crippen molar-refractivity contribution in [3.05, 3.63) is 80.8 Å². The summed E-state index contributed by atoms with van der Waals surface area (Å²) < 4.78 is 2.16. The van der Waals surface area contributed by atoms with Crippen molar-refractivity contribution in [2.45, 2.75) is 5.92 Å². The highest BCUT2D eigenvalue weighted by Gasteiger charge is 2.20. The molecule has 0 atom stereocenters.